The Hall–Kier alpha value is -1.10. The minimum atomic E-state index is -0.0456. The average Bonchev–Trinajstić information content (AvgIpc) is 3.06. The standard InChI is InChI=1S/C43H86N2O3/c1-5-7-9-11-13-15-17-19-21-23-25-27-29-31-33-36-42(46)44-38-35-39-45(3,4)40-41-48-43(47)37-34-32-30-28-26-24-22-20-18-16-14-12-10-8-6-2/h5-41H2,1-4H3/p+1. The minimum absolute atomic E-state index is 0.0456. The zero-order valence-corrected chi connectivity index (χ0v) is 33.3. The third-order valence-electron chi connectivity index (χ3n) is 10.2. The van der Waals surface area contributed by atoms with E-state index in [1.54, 1.807) is 0 Å². The molecule has 0 bridgehead atoms. The van der Waals surface area contributed by atoms with E-state index in [0.29, 0.717) is 19.4 Å². The maximum absolute atomic E-state index is 12.2. The van der Waals surface area contributed by atoms with Crippen LogP contribution in [0.15, 0.2) is 0 Å². The van der Waals surface area contributed by atoms with E-state index in [-0.39, 0.29) is 11.9 Å². The summed E-state index contributed by atoms with van der Waals surface area (Å²) in [5.74, 6) is 0.151. The molecule has 0 saturated carbocycles. The summed E-state index contributed by atoms with van der Waals surface area (Å²) >= 11 is 0. The van der Waals surface area contributed by atoms with Gasteiger partial charge in [0.2, 0.25) is 5.91 Å². The molecule has 0 saturated heterocycles. The summed E-state index contributed by atoms with van der Waals surface area (Å²) in [5, 5.41) is 3.11. The quantitative estimate of drug-likeness (QED) is 0.0400. The molecule has 0 rings (SSSR count). The molecule has 0 aliphatic rings. The maximum Gasteiger partial charge on any atom is 0.305 e. The van der Waals surface area contributed by atoms with Gasteiger partial charge in [-0.3, -0.25) is 9.59 Å². The summed E-state index contributed by atoms with van der Waals surface area (Å²) in [6.07, 6.45) is 42.4. The lowest BCUT2D eigenvalue weighted by molar-refractivity contribution is -0.890. The fourth-order valence-corrected chi connectivity index (χ4v) is 6.71. The Morgan fingerprint density at radius 3 is 1.15 bits per heavy atom. The Labute approximate surface area is 301 Å². The lowest BCUT2D eigenvalue weighted by Crippen LogP contribution is -2.44. The van der Waals surface area contributed by atoms with Crippen LogP contribution in [-0.4, -0.2) is 56.7 Å². The van der Waals surface area contributed by atoms with Crippen LogP contribution in [0.25, 0.3) is 0 Å². The Morgan fingerprint density at radius 1 is 0.438 bits per heavy atom. The number of carbonyl (C=O) groups is 2. The number of amides is 1. The number of rotatable bonds is 39. The van der Waals surface area contributed by atoms with Crippen molar-refractivity contribution in [3.8, 4) is 0 Å². The average molecular weight is 680 g/mol. The first-order valence-electron chi connectivity index (χ1n) is 21.7. The van der Waals surface area contributed by atoms with Crippen molar-refractivity contribution in [2.24, 2.45) is 0 Å². The highest BCUT2D eigenvalue weighted by atomic mass is 16.5. The molecule has 0 aromatic rings. The SMILES string of the molecule is CCCCCCCCCCCCCCCCCC(=O)NCCC[N+](C)(C)CCOC(=O)CCCCCCCCCCCCCCCCC. The predicted octanol–water partition coefficient (Wildman–Crippen LogP) is 12.6. The molecule has 286 valence electrons. The molecule has 0 radical (unpaired) electrons. The summed E-state index contributed by atoms with van der Waals surface area (Å²) in [6, 6.07) is 0. The summed E-state index contributed by atoms with van der Waals surface area (Å²) < 4.78 is 6.34. The molecule has 0 atom stereocenters. The minimum Gasteiger partial charge on any atom is -0.460 e. The normalized spacial score (nSPS) is 11.7. The van der Waals surface area contributed by atoms with Crippen molar-refractivity contribution in [3.05, 3.63) is 0 Å². The van der Waals surface area contributed by atoms with E-state index in [9.17, 15) is 9.59 Å². The molecule has 1 N–H and O–H groups in total. The lowest BCUT2D eigenvalue weighted by Gasteiger charge is -2.29. The van der Waals surface area contributed by atoms with Crippen LogP contribution < -0.4 is 5.32 Å². The highest BCUT2D eigenvalue weighted by Crippen LogP contribution is 2.15. The molecule has 5 nitrogen and oxygen atoms in total. The number of unbranched alkanes of at least 4 members (excludes halogenated alkanes) is 28. The third-order valence-corrected chi connectivity index (χ3v) is 10.2. The van der Waals surface area contributed by atoms with Crippen molar-refractivity contribution in [2.75, 3.05) is 40.3 Å². The van der Waals surface area contributed by atoms with E-state index in [1.807, 2.05) is 0 Å². The van der Waals surface area contributed by atoms with Crippen LogP contribution in [0.3, 0.4) is 0 Å². The fourth-order valence-electron chi connectivity index (χ4n) is 6.71. The summed E-state index contributed by atoms with van der Waals surface area (Å²) in [4.78, 5) is 24.4. The second kappa shape index (κ2) is 37.2. The summed E-state index contributed by atoms with van der Waals surface area (Å²) in [7, 11) is 4.36. The topological polar surface area (TPSA) is 55.4 Å². The van der Waals surface area contributed by atoms with Crippen LogP contribution in [-0.2, 0) is 14.3 Å². The smallest absolute Gasteiger partial charge is 0.305 e. The van der Waals surface area contributed by atoms with Crippen LogP contribution in [0.2, 0.25) is 0 Å². The number of likely N-dealkylation sites (N-methyl/N-ethyl adjacent to an activating group) is 1. The molecule has 0 unspecified atom stereocenters. The van der Waals surface area contributed by atoms with Gasteiger partial charge in [-0.05, 0) is 12.8 Å². The molecule has 0 spiro atoms. The van der Waals surface area contributed by atoms with Crippen molar-refractivity contribution < 1.29 is 18.8 Å². The van der Waals surface area contributed by atoms with Gasteiger partial charge >= 0.3 is 5.97 Å². The van der Waals surface area contributed by atoms with Gasteiger partial charge in [0.15, 0.2) is 0 Å². The van der Waals surface area contributed by atoms with Gasteiger partial charge in [-0.15, -0.1) is 0 Å². The largest absolute Gasteiger partial charge is 0.460 e. The van der Waals surface area contributed by atoms with Crippen LogP contribution in [0.5, 0.6) is 0 Å². The molecule has 0 aliphatic heterocycles. The monoisotopic (exact) mass is 680 g/mol. The highest BCUT2D eigenvalue weighted by molar-refractivity contribution is 5.75. The Balaban J connectivity index is 3.46. The number of nitrogens with zero attached hydrogens (tertiary/aromatic N) is 1. The second-order valence-electron chi connectivity index (χ2n) is 15.7. The number of carbonyl (C=O) groups excluding carboxylic acids is 2. The first-order valence-corrected chi connectivity index (χ1v) is 21.7. The van der Waals surface area contributed by atoms with E-state index in [0.717, 1.165) is 49.8 Å². The van der Waals surface area contributed by atoms with E-state index in [2.05, 4.69) is 33.3 Å². The molecular weight excluding hydrogens is 592 g/mol. The number of hydrogen-bond acceptors (Lipinski definition) is 3. The number of ether oxygens (including phenoxy) is 1. The second-order valence-corrected chi connectivity index (χ2v) is 15.7. The first-order chi connectivity index (χ1) is 23.4. The van der Waals surface area contributed by atoms with Gasteiger partial charge in [0.25, 0.3) is 0 Å². The van der Waals surface area contributed by atoms with Gasteiger partial charge in [-0.2, -0.15) is 0 Å². The number of quaternary nitrogens is 1. The van der Waals surface area contributed by atoms with Crippen molar-refractivity contribution in [3.63, 3.8) is 0 Å². The molecule has 1 amide bonds. The van der Waals surface area contributed by atoms with E-state index in [1.165, 1.54) is 173 Å². The van der Waals surface area contributed by atoms with Gasteiger partial charge in [-0.1, -0.05) is 194 Å². The van der Waals surface area contributed by atoms with Crippen LogP contribution in [0.4, 0.5) is 0 Å². The number of hydrogen-bond donors (Lipinski definition) is 1. The molecule has 0 aromatic carbocycles. The Bertz CT molecular complexity index is 681. The van der Waals surface area contributed by atoms with Gasteiger partial charge in [-0.25, -0.2) is 0 Å². The molecule has 0 aromatic heterocycles. The van der Waals surface area contributed by atoms with Crippen LogP contribution in [0.1, 0.15) is 226 Å². The molecular formula is C43H87N2O3+. The third kappa shape index (κ3) is 37.7. The summed E-state index contributed by atoms with van der Waals surface area (Å²) in [5.41, 5.74) is 0. The number of esters is 1. The fraction of sp³-hybridized carbons (Fsp3) is 0.953. The Morgan fingerprint density at radius 2 is 0.771 bits per heavy atom. The van der Waals surface area contributed by atoms with Gasteiger partial charge in [0.05, 0.1) is 20.6 Å². The number of nitrogens with one attached hydrogen (secondary N) is 1. The van der Waals surface area contributed by atoms with E-state index < -0.39 is 0 Å². The molecule has 5 heteroatoms. The summed E-state index contributed by atoms with van der Waals surface area (Å²) in [6.45, 7) is 7.57. The van der Waals surface area contributed by atoms with Crippen molar-refractivity contribution in [1.82, 2.24) is 5.32 Å². The van der Waals surface area contributed by atoms with Gasteiger partial charge in [0.1, 0.15) is 13.2 Å². The van der Waals surface area contributed by atoms with Crippen LogP contribution in [0, 0.1) is 0 Å². The molecule has 0 heterocycles. The predicted molar refractivity (Wildman–Crippen MR) is 210 cm³/mol. The zero-order chi connectivity index (χ0) is 35.2. The van der Waals surface area contributed by atoms with Crippen molar-refractivity contribution in [1.29, 1.82) is 0 Å². The Kier molecular flexibility index (Phi) is 36.3. The molecule has 0 aliphatic carbocycles. The van der Waals surface area contributed by atoms with E-state index in [4.69, 9.17) is 4.74 Å². The first kappa shape index (κ1) is 46.9. The van der Waals surface area contributed by atoms with Gasteiger partial charge in [0, 0.05) is 25.8 Å². The lowest BCUT2D eigenvalue weighted by atomic mass is 10.0. The highest BCUT2D eigenvalue weighted by Gasteiger charge is 2.16. The van der Waals surface area contributed by atoms with E-state index >= 15 is 0 Å². The molecule has 48 heavy (non-hydrogen) atoms. The van der Waals surface area contributed by atoms with Gasteiger partial charge < -0.3 is 14.5 Å². The van der Waals surface area contributed by atoms with Crippen LogP contribution >= 0.6 is 0 Å². The van der Waals surface area contributed by atoms with Crippen molar-refractivity contribution in [2.45, 2.75) is 226 Å². The van der Waals surface area contributed by atoms with Crippen molar-refractivity contribution >= 4 is 11.9 Å². The molecule has 0 fully saturated rings. The maximum atomic E-state index is 12.2. The zero-order valence-electron chi connectivity index (χ0n) is 33.3.